The van der Waals surface area contributed by atoms with Gasteiger partial charge in [0.25, 0.3) is 0 Å². The van der Waals surface area contributed by atoms with Crippen LogP contribution in [0.4, 0.5) is 0 Å². The van der Waals surface area contributed by atoms with E-state index in [1.807, 2.05) is 0 Å². The van der Waals surface area contributed by atoms with Gasteiger partial charge in [-0.05, 0) is 0 Å². The predicted molar refractivity (Wildman–Crippen MR) is 65.7 cm³/mol. The van der Waals surface area contributed by atoms with Crippen LogP contribution in [-0.4, -0.2) is 20.0 Å². The van der Waals surface area contributed by atoms with Crippen molar-refractivity contribution in [2.75, 3.05) is 0 Å². The number of aldehydes is 1. The molecule has 96 valence electrons. The van der Waals surface area contributed by atoms with Crippen molar-refractivity contribution in [2.45, 2.75) is 19.6 Å². The van der Waals surface area contributed by atoms with Crippen molar-refractivity contribution in [3.05, 3.63) is 56.8 Å². The molecule has 0 N–H and O–H groups in total. The van der Waals surface area contributed by atoms with Crippen molar-refractivity contribution in [1.82, 2.24) is 13.7 Å². The third-order valence-corrected chi connectivity index (χ3v) is 2.27. The van der Waals surface area contributed by atoms with Crippen molar-refractivity contribution < 1.29 is 4.79 Å². The van der Waals surface area contributed by atoms with Crippen LogP contribution in [-0.2, 0) is 24.4 Å². The zero-order valence-corrected chi connectivity index (χ0v) is 9.74. The lowest BCUT2D eigenvalue weighted by Crippen LogP contribution is -2.54. The molecule has 0 aliphatic carbocycles. The van der Waals surface area contributed by atoms with E-state index in [9.17, 15) is 19.2 Å². The second-order valence-electron chi connectivity index (χ2n) is 3.42. The van der Waals surface area contributed by atoms with E-state index in [4.69, 9.17) is 0 Å². The molecular weight excluding hydrogens is 238 g/mol. The molecule has 1 aromatic heterocycles. The fourth-order valence-corrected chi connectivity index (χ4v) is 1.48. The van der Waals surface area contributed by atoms with Gasteiger partial charge < -0.3 is 4.79 Å². The van der Waals surface area contributed by atoms with E-state index in [1.165, 1.54) is 12.2 Å². The quantitative estimate of drug-likeness (QED) is 0.467. The Bertz CT molecular complexity index is 527. The smallest absolute Gasteiger partial charge is 0.301 e. The standard InChI is InChI=1S/C11H13N3O4/c1-3-5-12-9(16)13(6-4-2)11(18)14(7-8-15)10(12)17/h3-4,8H,1-2,5-7H2. The Morgan fingerprint density at radius 2 is 1.11 bits per heavy atom. The number of nitrogens with zero attached hydrogens (tertiary/aromatic N) is 3. The second kappa shape index (κ2) is 5.76. The summed E-state index contributed by atoms with van der Waals surface area (Å²) >= 11 is 0. The van der Waals surface area contributed by atoms with Gasteiger partial charge in [-0.1, -0.05) is 12.2 Å². The van der Waals surface area contributed by atoms with Crippen LogP contribution in [0, 0.1) is 0 Å². The molecule has 0 amide bonds. The van der Waals surface area contributed by atoms with Crippen LogP contribution < -0.4 is 17.1 Å². The summed E-state index contributed by atoms with van der Waals surface area (Å²) in [5, 5.41) is 0. The lowest BCUT2D eigenvalue weighted by atomic mass is 10.5. The zero-order valence-electron chi connectivity index (χ0n) is 9.74. The van der Waals surface area contributed by atoms with E-state index in [0.29, 0.717) is 10.9 Å². The number of carbonyl (C=O) groups excluding carboxylic acids is 1. The molecule has 0 saturated heterocycles. The highest BCUT2D eigenvalue weighted by molar-refractivity contribution is 5.48. The summed E-state index contributed by atoms with van der Waals surface area (Å²) in [4.78, 5) is 46.0. The number of hydrogen-bond donors (Lipinski definition) is 0. The highest BCUT2D eigenvalue weighted by Crippen LogP contribution is 1.78. The lowest BCUT2D eigenvalue weighted by molar-refractivity contribution is -0.108. The average molecular weight is 251 g/mol. The van der Waals surface area contributed by atoms with Gasteiger partial charge in [0.15, 0.2) is 0 Å². The Balaban J connectivity index is 3.74. The van der Waals surface area contributed by atoms with E-state index in [-0.39, 0.29) is 13.1 Å². The summed E-state index contributed by atoms with van der Waals surface area (Å²) in [6.45, 7) is 6.39. The fraction of sp³-hybridized carbons (Fsp3) is 0.273. The molecule has 7 heteroatoms. The molecule has 7 nitrogen and oxygen atoms in total. The molecule has 0 atom stereocenters. The molecule has 1 heterocycles. The van der Waals surface area contributed by atoms with Crippen LogP contribution in [0.3, 0.4) is 0 Å². The third-order valence-electron chi connectivity index (χ3n) is 2.27. The maximum atomic E-state index is 11.9. The SMILES string of the molecule is C=CCn1c(=O)n(CC=C)c(=O)n(CC=O)c1=O. The van der Waals surface area contributed by atoms with Gasteiger partial charge in [0.05, 0.1) is 19.6 Å². The molecule has 0 aromatic carbocycles. The number of aromatic nitrogens is 3. The third kappa shape index (κ3) is 2.29. The van der Waals surface area contributed by atoms with E-state index in [2.05, 4.69) is 13.2 Å². The van der Waals surface area contributed by atoms with E-state index < -0.39 is 23.6 Å². The van der Waals surface area contributed by atoms with Crippen LogP contribution in [0.25, 0.3) is 0 Å². The first kappa shape index (κ1) is 13.6. The molecular formula is C11H13N3O4. The first-order valence-electron chi connectivity index (χ1n) is 5.18. The van der Waals surface area contributed by atoms with Gasteiger partial charge in [0.2, 0.25) is 0 Å². The first-order chi connectivity index (χ1) is 8.58. The van der Waals surface area contributed by atoms with Gasteiger partial charge in [-0.2, -0.15) is 0 Å². The maximum Gasteiger partial charge on any atom is 0.337 e. The van der Waals surface area contributed by atoms with Gasteiger partial charge in [0.1, 0.15) is 6.29 Å². The van der Waals surface area contributed by atoms with Crippen molar-refractivity contribution in [1.29, 1.82) is 0 Å². The Labute approximate surface area is 102 Å². The van der Waals surface area contributed by atoms with Gasteiger partial charge in [0, 0.05) is 0 Å². The number of allylic oxidation sites excluding steroid dienone is 2. The average Bonchev–Trinajstić information content (AvgIpc) is 2.35. The van der Waals surface area contributed by atoms with Crippen LogP contribution in [0.15, 0.2) is 39.7 Å². The number of rotatable bonds is 6. The Morgan fingerprint density at radius 3 is 1.39 bits per heavy atom. The molecule has 0 unspecified atom stereocenters. The van der Waals surface area contributed by atoms with Crippen molar-refractivity contribution in [3.8, 4) is 0 Å². The summed E-state index contributed by atoms with van der Waals surface area (Å²) in [5.41, 5.74) is -2.39. The summed E-state index contributed by atoms with van der Waals surface area (Å²) in [6.07, 6.45) is 3.14. The summed E-state index contributed by atoms with van der Waals surface area (Å²) in [5.74, 6) is 0. The molecule has 0 radical (unpaired) electrons. The van der Waals surface area contributed by atoms with Crippen LogP contribution in [0.1, 0.15) is 0 Å². The van der Waals surface area contributed by atoms with Crippen molar-refractivity contribution >= 4 is 6.29 Å². The minimum absolute atomic E-state index is 0.0338. The zero-order chi connectivity index (χ0) is 13.7. The molecule has 1 aromatic rings. The lowest BCUT2D eigenvalue weighted by Gasteiger charge is -2.09. The molecule has 0 fully saturated rings. The Morgan fingerprint density at radius 1 is 0.778 bits per heavy atom. The Hall–Kier alpha value is -2.44. The van der Waals surface area contributed by atoms with Crippen LogP contribution >= 0.6 is 0 Å². The van der Waals surface area contributed by atoms with Gasteiger partial charge in [-0.3, -0.25) is 0 Å². The highest BCUT2D eigenvalue weighted by Gasteiger charge is 2.13. The second-order valence-corrected chi connectivity index (χ2v) is 3.42. The highest BCUT2D eigenvalue weighted by atomic mass is 16.2. The van der Waals surface area contributed by atoms with Gasteiger partial charge in [-0.25, -0.2) is 28.1 Å². The summed E-state index contributed by atoms with van der Waals surface area (Å²) < 4.78 is 2.37. The maximum absolute atomic E-state index is 11.9. The van der Waals surface area contributed by atoms with E-state index in [1.54, 1.807) is 0 Å². The number of hydrogen-bond acceptors (Lipinski definition) is 4. The monoisotopic (exact) mass is 251 g/mol. The van der Waals surface area contributed by atoms with Crippen molar-refractivity contribution in [3.63, 3.8) is 0 Å². The summed E-state index contributed by atoms with van der Waals surface area (Å²) in [6, 6.07) is 0. The molecule has 0 spiro atoms. The summed E-state index contributed by atoms with van der Waals surface area (Å²) in [7, 11) is 0. The van der Waals surface area contributed by atoms with Crippen molar-refractivity contribution in [2.24, 2.45) is 0 Å². The molecule has 0 saturated carbocycles. The van der Waals surface area contributed by atoms with E-state index in [0.717, 1.165) is 9.13 Å². The van der Waals surface area contributed by atoms with Gasteiger partial charge in [-0.15, -0.1) is 13.2 Å². The molecule has 1 rings (SSSR count). The normalized spacial score (nSPS) is 10.0. The molecule has 0 aliphatic heterocycles. The topological polar surface area (TPSA) is 83.1 Å². The molecule has 0 bridgehead atoms. The first-order valence-corrected chi connectivity index (χ1v) is 5.18. The van der Waals surface area contributed by atoms with E-state index >= 15 is 0 Å². The minimum Gasteiger partial charge on any atom is -0.301 e. The molecule has 18 heavy (non-hydrogen) atoms. The number of carbonyl (C=O) groups is 1. The minimum atomic E-state index is -0.822. The Kier molecular flexibility index (Phi) is 4.36. The largest absolute Gasteiger partial charge is 0.337 e. The predicted octanol–water partition coefficient (Wildman–Crippen LogP) is -1.26. The fourth-order valence-electron chi connectivity index (χ4n) is 1.48. The van der Waals surface area contributed by atoms with Crippen LogP contribution in [0.2, 0.25) is 0 Å². The van der Waals surface area contributed by atoms with Gasteiger partial charge >= 0.3 is 17.1 Å². The van der Waals surface area contributed by atoms with Crippen LogP contribution in [0.5, 0.6) is 0 Å². The molecule has 0 aliphatic rings.